The molecule has 2 unspecified atom stereocenters. The van der Waals surface area contributed by atoms with Gasteiger partial charge in [0.15, 0.2) is 0 Å². The van der Waals surface area contributed by atoms with Gasteiger partial charge in [-0.1, -0.05) is 0 Å². The minimum atomic E-state index is -4.40. The zero-order valence-corrected chi connectivity index (χ0v) is 11.3. The lowest BCUT2D eigenvalue weighted by Crippen LogP contribution is -2.51. The number of hydrogen-bond donors (Lipinski definition) is 0. The van der Waals surface area contributed by atoms with E-state index in [9.17, 15) is 9.46 Å². The third kappa shape index (κ3) is 2.16. The first-order valence-electron chi connectivity index (χ1n) is 5.49. The van der Waals surface area contributed by atoms with Gasteiger partial charge in [-0.2, -0.15) is 0 Å². The van der Waals surface area contributed by atoms with Gasteiger partial charge >= 0.3 is 0 Å². The summed E-state index contributed by atoms with van der Waals surface area (Å²) in [6.45, 7) is 1.87. The van der Waals surface area contributed by atoms with E-state index in [4.69, 9.17) is 26.6 Å². The van der Waals surface area contributed by atoms with Crippen LogP contribution in [0, 0.1) is 0 Å². The Morgan fingerprint density at radius 2 is 2.17 bits per heavy atom. The van der Waals surface area contributed by atoms with E-state index in [1.807, 2.05) is 0 Å². The molecule has 18 heavy (non-hydrogen) atoms. The van der Waals surface area contributed by atoms with Gasteiger partial charge in [-0.3, -0.25) is 4.57 Å². The van der Waals surface area contributed by atoms with Crippen LogP contribution >= 0.6 is 7.82 Å². The van der Waals surface area contributed by atoms with Crippen molar-refractivity contribution in [3.8, 4) is 0 Å². The molecule has 2 aliphatic heterocycles. The lowest BCUT2D eigenvalue weighted by Gasteiger charge is -2.36. The van der Waals surface area contributed by atoms with Gasteiger partial charge in [0.25, 0.3) is 7.82 Å². The molecule has 0 aromatic rings. The van der Waals surface area contributed by atoms with Gasteiger partial charge in [-0.15, -0.1) is 0 Å². The standard InChI is InChI=1S/C9H16BO7P/c1-5-9(4-13-2)7(17-18(11,12)14-3)6(15-5)8(10)16-9/h5-8H,4H2,1-3H3,(H,11,12)/p-1/t5-,6-,7?,8+,9-/m0/s1. The molecule has 0 N–H and O–H groups in total. The Labute approximate surface area is 107 Å². The number of methoxy groups -OCH3 is 1. The van der Waals surface area contributed by atoms with Gasteiger partial charge in [0.05, 0.1) is 12.7 Å². The summed E-state index contributed by atoms with van der Waals surface area (Å²) in [5, 5.41) is 0. The van der Waals surface area contributed by atoms with Crippen LogP contribution in [-0.4, -0.2) is 58.6 Å². The van der Waals surface area contributed by atoms with Crippen LogP contribution in [0.3, 0.4) is 0 Å². The highest BCUT2D eigenvalue weighted by Gasteiger charge is 2.65. The third-order valence-corrected chi connectivity index (χ3v) is 4.28. The molecular formula is C9H15BO7P-. The summed E-state index contributed by atoms with van der Waals surface area (Å²) in [6.07, 6.45) is -1.91. The fourth-order valence-corrected chi connectivity index (χ4v) is 3.12. The minimum absolute atomic E-state index is 0.118. The molecule has 2 heterocycles. The molecule has 2 aliphatic rings. The molecule has 2 bridgehead atoms. The lowest BCUT2D eigenvalue weighted by atomic mass is 9.91. The van der Waals surface area contributed by atoms with E-state index in [1.165, 1.54) is 7.11 Å². The van der Waals surface area contributed by atoms with E-state index in [-0.39, 0.29) is 12.7 Å². The van der Waals surface area contributed by atoms with Crippen molar-refractivity contribution in [1.82, 2.24) is 0 Å². The number of phosphoric ester groups is 1. The Bertz CT molecular complexity index is 367. The number of ether oxygens (including phenoxy) is 3. The minimum Gasteiger partial charge on any atom is -0.756 e. The van der Waals surface area contributed by atoms with Gasteiger partial charge in [-0.25, -0.2) is 0 Å². The van der Waals surface area contributed by atoms with Gasteiger partial charge in [-0.05, 0) is 6.92 Å². The van der Waals surface area contributed by atoms with Crippen LogP contribution < -0.4 is 4.89 Å². The van der Waals surface area contributed by atoms with Crippen molar-refractivity contribution in [1.29, 1.82) is 0 Å². The summed E-state index contributed by atoms with van der Waals surface area (Å²) >= 11 is 0. The number of rotatable bonds is 5. The maximum atomic E-state index is 11.4. The third-order valence-electron chi connectivity index (χ3n) is 3.34. The molecule has 2 radical (unpaired) electrons. The second-order valence-corrected chi connectivity index (χ2v) is 5.84. The molecule has 2 fully saturated rings. The molecule has 102 valence electrons. The Hall–Kier alpha value is 0.0549. The van der Waals surface area contributed by atoms with Gasteiger partial charge < -0.3 is 28.2 Å². The topological polar surface area (TPSA) is 86.3 Å². The second kappa shape index (κ2) is 4.87. The molecule has 2 rings (SSSR count). The lowest BCUT2D eigenvalue weighted by molar-refractivity contribution is -0.232. The molecule has 9 heteroatoms. The summed E-state index contributed by atoms with van der Waals surface area (Å²) < 4.78 is 36.9. The largest absolute Gasteiger partial charge is 0.756 e. The normalized spacial score (nSPS) is 46.2. The Balaban J connectivity index is 2.25. The van der Waals surface area contributed by atoms with Crippen molar-refractivity contribution in [3.63, 3.8) is 0 Å². The first-order chi connectivity index (χ1) is 8.36. The molecule has 0 saturated carbocycles. The van der Waals surface area contributed by atoms with Crippen molar-refractivity contribution < 1.29 is 32.7 Å². The van der Waals surface area contributed by atoms with Crippen LogP contribution in [0.1, 0.15) is 6.92 Å². The van der Waals surface area contributed by atoms with Gasteiger partial charge in [0.2, 0.25) is 0 Å². The Kier molecular flexibility index (Phi) is 3.91. The van der Waals surface area contributed by atoms with E-state index in [0.717, 1.165) is 7.11 Å². The van der Waals surface area contributed by atoms with E-state index in [0.29, 0.717) is 0 Å². The predicted octanol–water partition coefficient (Wildman–Crippen LogP) is -0.816. The predicted molar refractivity (Wildman–Crippen MR) is 59.1 cm³/mol. The molecule has 0 aromatic heterocycles. The van der Waals surface area contributed by atoms with Crippen molar-refractivity contribution in [2.75, 3.05) is 20.8 Å². The average molecular weight is 277 g/mol. The van der Waals surface area contributed by atoms with Crippen LogP contribution in [0.25, 0.3) is 0 Å². The molecule has 0 spiro atoms. The van der Waals surface area contributed by atoms with Crippen molar-refractivity contribution in [2.24, 2.45) is 0 Å². The van der Waals surface area contributed by atoms with Gasteiger partial charge in [0, 0.05) is 20.2 Å². The summed E-state index contributed by atoms with van der Waals surface area (Å²) in [5.41, 5.74) is -1.03. The van der Waals surface area contributed by atoms with Gasteiger partial charge in [0.1, 0.15) is 25.7 Å². The fourth-order valence-electron chi connectivity index (χ4n) is 2.46. The first-order valence-corrected chi connectivity index (χ1v) is 6.95. The van der Waals surface area contributed by atoms with E-state index in [2.05, 4.69) is 4.52 Å². The van der Waals surface area contributed by atoms with E-state index >= 15 is 0 Å². The fraction of sp³-hybridized carbons (Fsp3) is 1.00. The highest BCUT2D eigenvalue weighted by atomic mass is 31.2. The molecule has 0 aliphatic carbocycles. The average Bonchev–Trinajstić information content (AvgIpc) is 2.68. The van der Waals surface area contributed by atoms with Crippen molar-refractivity contribution in [2.45, 2.75) is 36.8 Å². The van der Waals surface area contributed by atoms with Crippen LogP contribution in [0.2, 0.25) is 0 Å². The van der Waals surface area contributed by atoms with Crippen LogP contribution in [0.5, 0.6) is 0 Å². The summed E-state index contributed by atoms with van der Waals surface area (Å²) in [4.78, 5) is 11.4. The maximum Gasteiger partial charge on any atom is 0.268 e. The highest BCUT2D eigenvalue weighted by molar-refractivity contribution is 7.45. The molecule has 2 saturated heterocycles. The van der Waals surface area contributed by atoms with Crippen LogP contribution in [0.4, 0.5) is 0 Å². The molecule has 0 amide bonds. The zero-order valence-electron chi connectivity index (χ0n) is 10.4. The smallest absolute Gasteiger partial charge is 0.268 e. The maximum absolute atomic E-state index is 11.4. The number of phosphoric acid groups is 1. The Morgan fingerprint density at radius 1 is 1.50 bits per heavy atom. The van der Waals surface area contributed by atoms with Crippen molar-refractivity contribution >= 4 is 15.7 Å². The number of fused-ring (bicyclic) bond motifs is 2. The van der Waals surface area contributed by atoms with Crippen LogP contribution in [-0.2, 0) is 27.8 Å². The summed E-state index contributed by atoms with van der Waals surface area (Å²) in [7, 11) is 3.84. The molecule has 6 atom stereocenters. The Morgan fingerprint density at radius 3 is 2.72 bits per heavy atom. The zero-order chi connectivity index (χ0) is 13.6. The summed E-state index contributed by atoms with van der Waals surface area (Å²) in [6, 6.07) is -0.752. The van der Waals surface area contributed by atoms with E-state index < -0.39 is 31.6 Å². The monoisotopic (exact) mass is 277 g/mol. The number of hydrogen-bond acceptors (Lipinski definition) is 7. The second-order valence-electron chi connectivity index (χ2n) is 4.37. The van der Waals surface area contributed by atoms with Crippen molar-refractivity contribution in [3.05, 3.63) is 0 Å². The summed E-state index contributed by atoms with van der Waals surface area (Å²) in [5.74, 6) is 0. The first kappa shape index (κ1) is 14.5. The molecule has 7 nitrogen and oxygen atoms in total. The quantitative estimate of drug-likeness (QED) is 0.479. The highest BCUT2D eigenvalue weighted by Crippen LogP contribution is 2.51. The molecular weight excluding hydrogens is 262 g/mol. The van der Waals surface area contributed by atoms with Crippen LogP contribution in [0.15, 0.2) is 0 Å². The van der Waals surface area contributed by atoms with E-state index in [1.54, 1.807) is 6.92 Å². The SMILES string of the molecule is [B][C@@H]1O[C@]2(COC)C(OP(=O)([O-])OC)[C@@H]1O[C@H]2C. The molecule has 0 aromatic carbocycles.